The molecule has 0 amide bonds. The molecule has 0 N–H and O–H groups in total. The first-order valence-electron chi connectivity index (χ1n) is 8.49. The Hall–Kier alpha value is -1.61. The molecule has 1 atom stereocenters. The molecule has 0 saturated carbocycles. The monoisotopic (exact) mass is 298 g/mol. The molecule has 3 heteroatoms. The predicted molar refractivity (Wildman–Crippen MR) is 88.8 cm³/mol. The second-order valence-electron chi connectivity index (χ2n) is 6.26. The van der Waals surface area contributed by atoms with E-state index in [0.717, 1.165) is 37.4 Å². The van der Waals surface area contributed by atoms with Gasteiger partial charge in [-0.25, -0.2) is 0 Å². The molecule has 3 nitrogen and oxygen atoms in total. The van der Waals surface area contributed by atoms with Crippen LogP contribution in [-0.4, -0.2) is 16.6 Å². The molecule has 1 aromatic heterocycles. The SMILES string of the molecule is CCc1ccc(CN2CCC[C@@H]2c2c(C)noc2CC)cc1. The average Bonchev–Trinajstić information content (AvgIpc) is 3.14. The van der Waals surface area contributed by atoms with Crippen molar-refractivity contribution in [3.8, 4) is 0 Å². The molecule has 1 aliphatic heterocycles. The zero-order valence-corrected chi connectivity index (χ0v) is 13.9. The van der Waals surface area contributed by atoms with E-state index in [1.54, 1.807) is 0 Å². The Labute approximate surface area is 133 Å². The summed E-state index contributed by atoms with van der Waals surface area (Å²) in [7, 11) is 0. The summed E-state index contributed by atoms with van der Waals surface area (Å²) in [4.78, 5) is 2.58. The van der Waals surface area contributed by atoms with E-state index in [4.69, 9.17) is 4.52 Å². The highest BCUT2D eigenvalue weighted by atomic mass is 16.5. The number of likely N-dealkylation sites (tertiary alicyclic amines) is 1. The summed E-state index contributed by atoms with van der Waals surface area (Å²) in [5.41, 5.74) is 5.21. The Morgan fingerprint density at radius 2 is 1.86 bits per heavy atom. The number of nitrogens with zero attached hydrogens (tertiary/aromatic N) is 2. The largest absolute Gasteiger partial charge is 0.361 e. The molecule has 0 unspecified atom stereocenters. The third-order valence-electron chi connectivity index (χ3n) is 4.82. The first-order chi connectivity index (χ1) is 10.7. The van der Waals surface area contributed by atoms with Crippen LogP contribution in [0.5, 0.6) is 0 Å². The van der Waals surface area contributed by atoms with Crippen molar-refractivity contribution in [1.82, 2.24) is 10.1 Å². The Morgan fingerprint density at radius 1 is 1.14 bits per heavy atom. The summed E-state index contributed by atoms with van der Waals surface area (Å²) in [5.74, 6) is 1.07. The molecule has 1 saturated heterocycles. The zero-order valence-electron chi connectivity index (χ0n) is 13.9. The van der Waals surface area contributed by atoms with Crippen LogP contribution in [0.1, 0.15) is 60.9 Å². The van der Waals surface area contributed by atoms with Crippen LogP contribution in [-0.2, 0) is 19.4 Å². The molecule has 22 heavy (non-hydrogen) atoms. The minimum atomic E-state index is 0.465. The fourth-order valence-corrected chi connectivity index (χ4v) is 3.56. The van der Waals surface area contributed by atoms with Crippen molar-refractivity contribution in [1.29, 1.82) is 0 Å². The predicted octanol–water partition coefficient (Wildman–Crippen LogP) is 4.44. The quantitative estimate of drug-likeness (QED) is 0.817. The van der Waals surface area contributed by atoms with E-state index in [-0.39, 0.29) is 0 Å². The Kier molecular flexibility index (Phi) is 4.63. The highest BCUT2D eigenvalue weighted by molar-refractivity contribution is 5.28. The molecule has 0 aliphatic carbocycles. The van der Waals surface area contributed by atoms with E-state index in [1.807, 2.05) is 0 Å². The zero-order chi connectivity index (χ0) is 15.5. The van der Waals surface area contributed by atoms with E-state index in [1.165, 1.54) is 29.5 Å². The summed E-state index contributed by atoms with van der Waals surface area (Å²) in [6.07, 6.45) is 4.49. The fraction of sp³-hybridized carbons (Fsp3) is 0.526. The molecule has 2 heterocycles. The van der Waals surface area contributed by atoms with Gasteiger partial charge in [0.15, 0.2) is 0 Å². The van der Waals surface area contributed by atoms with Crippen molar-refractivity contribution in [3.05, 3.63) is 52.4 Å². The van der Waals surface area contributed by atoms with Crippen molar-refractivity contribution in [2.75, 3.05) is 6.54 Å². The summed E-state index contributed by atoms with van der Waals surface area (Å²) in [6.45, 7) is 8.60. The lowest BCUT2D eigenvalue weighted by molar-refractivity contribution is 0.245. The number of benzene rings is 1. The number of rotatable bonds is 5. The molecule has 1 aromatic carbocycles. The minimum Gasteiger partial charge on any atom is -0.361 e. The molecular weight excluding hydrogens is 272 g/mol. The van der Waals surface area contributed by atoms with Crippen LogP contribution in [0.2, 0.25) is 0 Å². The molecule has 3 rings (SSSR count). The van der Waals surface area contributed by atoms with Crippen molar-refractivity contribution in [3.63, 3.8) is 0 Å². The Balaban J connectivity index is 1.79. The van der Waals surface area contributed by atoms with Crippen LogP contribution in [0.25, 0.3) is 0 Å². The third-order valence-corrected chi connectivity index (χ3v) is 4.82. The van der Waals surface area contributed by atoms with Crippen molar-refractivity contribution in [2.45, 2.75) is 59.0 Å². The number of aryl methyl sites for hydroxylation is 3. The summed E-state index contributed by atoms with van der Waals surface area (Å²) in [5, 5.41) is 4.19. The van der Waals surface area contributed by atoms with Crippen LogP contribution >= 0.6 is 0 Å². The van der Waals surface area contributed by atoms with Crippen LogP contribution in [0.3, 0.4) is 0 Å². The van der Waals surface area contributed by atoms with E-state index in [2.05, 4.69) is 55.1 Å². The van der Waals surface area contributed by atoms with E-state index in [9.17, 15) is 0 Å². The standard InChI is InChI=1S/C19H26N2O/c1-4-15-8-10-16(11-9-15)13-21-12-6-7-17(21)19-14(3)20-22-18(19)5-2/h8-11,17H,4-7,12-13H2,1-3H3/t17-/m1/s1. The first kappa shape index (κ1) is 15.3. The van der Waals surface area contributed by atoms with Gasteiger partial charge in [0.2, 0.25) is 0 Å². The summed E-state index contributed by atoms with van der Waals surface area (Å²) < 4.78 is 5.51. The average molecular weight is 298 g/mol. The van der Waals surface area contributed by atoms with Crippen molar-refractivity contribution >= 4 is 0 Å². The molecule has 1 fully saturated rings. The Morgan fingerprint density at radius 3 is 2.55 bits per heavy atom. The van der Waals surface area contributed by atoms with E-state index >= 15 is 0 Å². The molecule has 0 radical (unpaired) electrons. The van der Waals surface area contributed by atoms with Gasteiger partial charge in [-0.1, -0.05) is 43.3 Å². The number of hydrogen-bond donors (Lipinski definition) is 0. The first-order valence-corrected chi connectivity index (χ1v) is 8.49. The summed E-state index contributed by atoms with van der Waals surface area (Å²) >= 11 is 0. The molecule has 1 aliphatic rings. The summed E-state index contributed by atoms with van der Waals surface area (Å²) in [6, 6.07) is 9.52. The van der Waals surface area contributed by atoms with Gasteiger partial charge in [-0.3, -0.25) is 4.90 Å². The lowest BCUT2D eigenvalue weighted by Gasteiger charge is -2.25. The molecule has 2 aromatic rings. The van der Waals surface area contributed by atoms with Gasteiger partial charge in [0, 0.05) is 24.6 Å². The smallest absolute Gasteiger partial charge is 0.141 e. The van der Waals surface area contributed by atoms with Crippen molar-refractivity contribution < 1.29 is 4.52 Å². The van der Waals surface area contributed by atoms with Crippen molar-refractivity contribution in [2.24, 2.45) is 0 Å². The van der Waals surface area contributed by atoms with Gasteiger partial charge >= 0.3 is 0 Å². The molecular formula is C19H26N2O. The van der Waals surface area contributed by atoms with E-state index in [0.29, 0.717) is 6.04 Å². The van der Waals surface area contributed by atoms with Gasteiger partial charge in [0.25, 0.3) is 0 Å². The lowest BCUT2D eigenvalue weighted by atomic mass is 10.0. The van der Waals surface area contributed by atoms with E-state index < -0.39 is 0 Å². The number of hydrogen-bond acceptors (Lipinski definition) is 3. The maximum atomic E-state index is 5.51. The van der Waals surface area contributed by atoms with Gasteiger partial charge in [-0.05, 0) is 43.9 Å². The number of aromatic nitrogens is 1. The lowest BCUT2D eigenvalue weighted by Crippen LogP contribution is -2.23. The van der Waals surface area contributed by atoms with Gasteiger partial charge in [-0.15, -0.1) is 0 Å². The highest BCUT2D eigenvalue weighted by Gasteiger charge is 2.31. The molecule has 0 bridgehead atoms. The van der Waals surface area contributed by atoms with Gasteiger partial charge in [0.05, 0.1) is 5.69 Å². The molecule has 118 valence electrons. The molecule has 0 spiro atoms. The fourth-order valence-electron chi connectivity index (χ4n) is 3.56. The van der Waals surface area contributed by atoms with Crippen LogP contribution in [0.4, 0.5) is 0 Å². The highest BCUT2D eigenvalue weighted by Crippen LogP contribution is 2.36. The van der Waals surface area contributed by atoms with Crippen LogP contribution < -0.4 is 0 Å². The van der Waals surface area contributed by atoms with Crippen LogP contribution in [0, 0.1) is 6.92 Å². The maximum absolute atomic E-state index is 5.51. The second kappa shape index (κ2) is 6.66. The maximum Gasteiger partial charge on any atom is 0.141 e. The third kappa shape index (κ3) is 2.95. The van der Waals surface area contributed by atoms with Gasteiger partial charge < -0.3 is 4.52 Å². The van der Waals surface area contributed by atoms with Gasteiger partial charge in [0.1, 0.15) is 5.76 Å². The normalized spacial score (nSPS) is 19.0. The van der Waals surface area contributed by atoms with Crippen LogP contribution in [0.15, 0.2) is 28.8 Å². The second-order valence-corrected chi connectivity index (χ2v) is 6.26. The van der Waals surface area contributed by atoms with Gasteiger partial charge in [-0.2, -0.15) is 0 Å². The minimum absolute atomic E-state index is 0.465. The Bertz CT molecular complexity index is 615. The topological polar surface area (TPSA) is 29.3 Å².